The van der Waals surface area contributed by atoms with E-state index in [4.69, 9.17) is 0 Å². The minimum atomic E-state index is -0.0203. The highest BCUT2D eigenvalue weighted by molar-refractivity contribution is 5.82. The normalized spacial score (nSPS) is 21.8. The molecule has 1 amide bonds. The molecule has 0 spiro atoms. The van der Waals surface area contributed by atoms with Crippen molar-refractivity contribution in [1.82, 2.24) is 15.5 Å². The molecule has 0 radical (unpaired) electrons. The molecule has 1 atom stereocenters. The van der Waals surface area contributed by atoms with Gasteiger partial charge in [0, 0.05) is 32.7 Å². The van der Waals surface area contributed by atoms with Crippen molar-refractivity contribution < 1.29 is 4.79 Å². The molecule has 1 aliphatic heterocycles. The standard InChI is InChI=1S/C12H23N3O/c1-4-14-12(16)11-9-13-6-8-15(11)7-5-10(2)3/h11,13H,2,4-9H2,1,3H3,(H,14,16). The van der Waals surface area contributed by atoms with Gasteiger partial charge in [-0.2, -0.15) is 0 Å². The van der Waals surface area contributed by atoms with Crippen LogP contribution in [-0.4, -0.2) is 49.6 Å². The van der Waals surface area contributed by atoms with Crippen molar-refractivity contribution in [3.8, 4) is 0 Å². The van der Waals surface area contributed by atoms with E-state index in [-0.39, 0.29) is 11.9 Å². The van der Waals surface area contributed by atoms with E-state index in [1.165, 1.54) is 5.57 Å². The lowest BCUT2D eigenvalue weighted by Crippen LogP contribution is -2.57. The predicted octanol–water partition coefficient (Wildman–Crippen LogP) is 0.363. The Morgan fingerprint density at radius 2 is 2.38 bits per heavy atom. The van der Waals surface area contributed by atoms with Gasteiger partial charge in [0.15, 0.2) is 0 Å². The molecule has 0 saturated carbocycles. The predicted molar refractivity (Wildman–Crippen MR) is 66.3 cm³/mol. The molecule has 0 bridgehead atoms. The monoisotopic (exact) mass is 225 g/mol. The Morgan fingerprint density at radius 1 is 1.62 bits per heavy atom. The van der Waals surface area contributed by atoms with Crippen LogP contribution in [0.25, 0.3) is 0 Å². The molecule has 0 aromatic heterocycles. The average molecular weight is 225 g/mol. The number of nitrogens with one attached hydrogen (secondary N) is 2. The fourth-order valence-corrected chi connectivity index (χ4v) is 1.90. The van der Waals surface area contributed by atoms with Crippen LogP contribution in [0.3, 0.4) is 0 Å². The van der Waals surface area contributed by atoms with Gasteiger partial charge in [0.1, 0.15) is 6.04 Å². The average Bonchev–Trinajstić information content (AvgIpc) is 2.27. The Bertz CT molecular complexity index is 253. The van der Waals surface area contributed by atoms with Crippen LogP contribution < -0.4 is 10.6 Å². The van der Waals surface area contributed by atoms with Gasteiger partial charge >= 0.3 is 0 Å². The number of carbonyl (C=O) groups is 1. The molecule has 1 aliphatic rings. The van der Waals surface area contributed by atoms with E-state index >= 15 is 0 Å². The zero-order chi connectivity index (χ0) is 12.0. The van der Waals surface area contributed by atoms with Crippen LogP contribution in [0.1, 0.15) is 20.3 Å². The van der Waals surface area contributed by atoms with E-state index < -0.39 is 0 Å². The number of likely N-dealkylation sites (N-methyl/N-ethyl adjacent to an activating group) is 1. The maximum Gasteiger partial charge on any atom is 0.238 e. The topological polar surface area (TPSA) is 44.4 Å². The molecule has 16 heavy (non-hydrogen) atoms. The third-order valence-electron chi connectivity index (χ3n) is 2.83. The number of nitrogens with zero attached hydrogens (tertiary/aromatic N) is 1. The SMILES string of the molecule is C=C(C)CCN1CCNCC1C(=O)NCC. The zero-order valence-electron chi connectivity index (χ0n) is 10.4. The van der Waals surface area contributed by atoms with Gasteiger partial charge in [-0.1, -0.05) is 5.57 Å². The molecule has 0 aliphatic carbocycles. The first-order valence-corrected chi connectivity index (χ1v) is 6.02. The van der Waals surface area contributed by atoms with Crippen LogP contribution >= 0.6 is 0 Å². The summed E-state index contributed by atoms with van der Waals surface area (Å²) in [6.07, 6.45) is 0.968. The summed E-state index contributed by atoms with van der Waals surface area (Å²) < 4.78 is 0. The summed E-state index contributed by atoms with van der Waals surface area (Å²) in [5, 5.41) is 6.16. The maximum atomic E-state index is 11.8. The van der Waals surface area contributed by atoms with Crippen LogP contribution in [-0.2, 0) is 4.79 Å². The number of piperazine rings is 1. The van der Waals surface area contributed by atoms with Crippen LogP contribution in [0, 0.1) is 0 Å². The smallest absolute Gasteiger partial charge is 0.238 e. The maximum absolute atomic E-state index is 11.8. The minimum Gasteiger partial charge on any atom is -0.355 e. The molecule has 0 aromatic carbocycles. The number of rotatable bonds is 5. The molecular formula is C12H23N3O. The Labute approximate surface area is 98.1 Å². The highest BCUT2D eigenvalue weighted by Gasteiger charge is 2.27. The second kappa shape index (κ2) is 6.66. The summed E-state index contributed by atoms with van der Waals surface area (Å²) in [6, 6.07) is -0.0203. The Morgan fingerprint density at radius 3 is 3.00 bits per heavy atom. The molecule has 0 aromatic rings. The molecule has 4 nitrogen and oxygen atoms in total. The van der Waals surface area contributed by atoms with E-state index in [1.807, 2.05) is 13.8 Å². The first-order chi connectivity index (χ1) is 7.65. The van der Waals surface area contributed by atoms with Crippen molar-refractivity contribution in [3.05, 3.63) is 12.2 Å². The van der Waals surface area contributed by atoms with Gasteiger partial charge < -0.3 is 10.6 Å². The summed E-state index contributed by atoms with van der Waals surface area (Å²) >= 11 is 0. The third-order valence-corrected chi connectivity index (χ3v) is 2.83. The van der Waals surface area contributed by atoms with E-state index in [0.717, 1.165) is 32.6 Å². The van der Waals surface area contributed by atoms with Gasteiger partial charge in [0.05, 0.1) is 0 Å². The van der Waals surface area contributed by atoms with Crippen LogP contribution in [0.15, 0.2) is 12.2 Å². The summed E-state index contributed by atoms with van der Waals surface area (Å²) in [6.45, 7) is 12.2. The van der Waals surface area contributed by atoms with E-state index in [2.05, 4.69) is 22.1 Å². The number of hydrogen-bond donors (Lipinski definition) is 2. The second-order valence-corrected chi connectivity index (χ2v) is 4.36. The summed E-state index contributed by atoms with van der Waals surface area (Å²) in [5.74, 6) is 0.136. The first kappa shape index (κ1) is 13.2. The Balaban J connectivity index is 2.49. The molecule has 4 heteroatoms. The quantitative estimate of drug-likeness (QED) is 0.664. The van der Waals surface area contributed by atoms with Gasteiger partial charge in [-0.25, -0.2) is 0 Å². The van der Waals surface area contributed by atoms with Gasteiger partial charge in [-0.3, -0.25) is 9.69 Å². The van der Waals surface area contributed by atoms with E-state index in [0.29, 0.717) is 6.54 Å². The van der Waals surface area contributed by atoms with Crippen LogP contribution in [0.4, 0.5) is 0 Å². The fraction of sp³-hybridized carbons (Fsp3) is 0.750. The van der Waals surface area contributed by atoms with E-state index in [1.54, 1.807) is 0 Å². The van der Waals surface area contributed by atoms with Crippen molar-refractivity contribution in [2.24, 2.45) is 0 Å². The largest absolute Gasteiger partial charge is 0.355 e. The van der Waals surface area contributed by atoms with Crippen molar-refractivity contribution in [2.75, 3.05) is 32.7 Å². The molecule has 92 valence electrons. The molecule has 1 heterocycles. The van der Waals surface area contributed by atoms with Crippen molar-refractivity contribution >= 4 is 5.91 Å². The highest BCUT2D eigenvalue weighted by Crippen LogP contribution is 2.07. The Hall–Kier alpha value is -0.870. The van der Waals surface area contributed by atoms with Crippen LogP contribution in [0.5, 0.6) is 0 Å². The van der Waals surface area contributed by atoms with Gasteiger partial charge in [0.2, 0.25) is 5.91 Å². The highest BCUT2D eigenvalue weighted by atomic mass is 16.2. The summed E-state index contributed by atoms with van der Waals surface area (Å²) in [7, 11) is 0. The summed E-state index contributed by atoms with van der Waals surface area (Å²) in [4.78, 5) is 14.1. The van der Waals surface area contributed by atoms with Crippen molar-refractivity contribution in [1.29, 1.82) is 0 Å². The number of amides is 1. The Kier molecular flexibility index (Phi) is 5.49. The van der Waals surface area contributed by atoms with Crippen LogP contribution in [0.2, 0.25) is 0 Å². The third kappa shape index (κ3) is 3.94. The fourth-order valence-electron chi connectivity index (χ4n) is 1.90. The lowest BCUT2D eigenvalue weighted by Gasteiger charge is -2.35. The molecule has 1 unspecified atom stereocenters. The molecule has 1 saturated heterocycles. The lowest BCUT2D eigenvalue weighted by molar-refractivity contribution is -0.126. The number of carbonyl (C=O) groups excluding carboxylic acids is 1. The minimum absolute atomic E-state index is 0.0203. The first-order valence-electron chi connectivity index (χ1n) is 6.02. The van der Waals surface area contributed by atoms with Crippen molar-refractivity contribution in [2.45, 2.75) is 26.3 Å². The van der Waals surface area contributed by atoms with Gasteiger partial charge in [0.25, 0.3) is 0 Å². The van der Waals surface area contributed by atoms with Gasteiger partial charge in [-0.05, 0) is 20.3 Å². The number of hydrogen-bond acceptors (Lipinski definition) is 3. The molecular weight excluding hydrogens is 202 g/mol. The van der Waals surface area contributed by atoms with Crippen molar-refractivity contribution in [3.63, 3.8) is 0 Å². The van der Waals surface area contributed by atoms with Gasteiger partial charge in [-0.15, -0.1) is 6.58 Å². The lowest BCUT2D eigenvalue weighted by atomic mass is 10.1. The molecule has 1 rings (SSSR count). The van der Waals surface area contributed by atoms with E-state index in [9.17, 15) is 4.79 Å². The molecule has 2 N–H and O–H groups in total. The second-order valence-electron chi connectivity index (χ2n) is 4.36. The zero-order valence-corrected chi connectivity index (χ0v) is 10.4. The molecule has 1 fully saturated rings. The summed E-state index contributed by atoms with van der Waals surface area (Å²) in [5.41, 5.74) is 1.17.